The topological polar surface area (TPSA) is 66.8 Å². The van der Waals surface area contributed by atoms with Gasteiger partial charge in [-0.3, -0.25) is 4.79 Å². The quantitative estimate of drug-likeness (QED) is 0.781. The number of hydrogen-bond donors (Lipinski definition) is 1. The molecule has 5 nitrogen and oxygen atoms in total. The molecule has 1 N–H and O–H groups in total. The second-order valence-electron chi connectivity index (χ2n) is 4.23. The van der Waals surface area contributed by atoms with Crippen LogP contribution in [0.3, 0.4) is 0 Å². The first kappa shape index (κ1) is 16.4. The SMILES string of the molecule is CCC(C(=O)O)N(C)C(=O)CSc1ccc(OC)cc1. The van der Waals surface area contributed by atoms with Crippen LogP contribution in [0.4, 0.5) is 0 Å². The highest BCUT2D eigenvalue weighted by molar-refractivity contribution is 8.00. The van der Waals surface area contributed by atoms with Gasteiger partial charge < -0.3 is 14.7 Å². The predicted molar refractivity (Wildman–Crippen MR) is 78.2 cm³/mol. The highest BCUT2D eigenvalue weighted by Crippen LogP contribution is 2.21. The summed E-state index contributed by atoms with van der Waals surface area (Å²) in [4.78, 5) is 25.2. The van der Waals surface area contributed by atoms with Crippen molar-refractivity contribution in [1.82, 2.24) is 4.90 Å². The number of amides is 1. The van der Waals surface area contributed by atoms with Crippen LogP contribution < -0.4 is 4.74 Å². The van der Waals surface area contributed by atoms with E-state index in [1.165, 1.54) is 23.7 Å². The van der Waals surface area contributed by atoms with Gasteiger partial charge in [0.25, 0.3) is 0 Å². The lowest BCUT2D eigenvalue weighted by Gasteiger charge is -2.23. The van der Waals surface area contributed by atoms with E-state index in [0.717, 1.165) is 10.6 Å². The standard InChI is InChI=1S/C14H19NO4S/c1-4-12(14(17)18)15(2)13(16)9-20-11-7-5-10(19-3)6-8-11/h5-8,12H,4,9H2,1-3H3,(H,17,18). The number of nitrogens with zero attached hydrogens (tertiary/aromatic N) is 1. The molecule has 1 rings (SSSR count). The van der Waals surface area contributed by atoms with Crippen LogP contribution in [-0.2, 0) is 9.59 Å². The minimum Gasteiger partial charge on any atom is -0.497 e. The van der Waals surface area contributed by atoms with Crippen LogP contribution in [0.1, 0.15) is 13.3 Å². The molecule has 1 aromatic rings. The molecule has 0 spiro atoms. The number of hydrogen-bond acceptors (Lipinski definition) is 4. The summed E-state index contributed by atoms with van der Waals surface area (Å²) in [7, 11) is 3.12. The summed E-state index contributed by atoms with van der Waals surface area (Å²) in [6.07, 6.45) is 0.394. The molecule has 0 aliphatic rings. The summed E-state index contributed by atoms with van der Waals surface area (Å²) in [6, 6.07) is 6.61. The lowest BCUT2D eigenvalue weighted by atomic mass is 10.2. The summed E-state index contributed by atoms with van der Waals surface area (Å²) >= 11 is 1.38. The maximum atomic E-state index is 12.0. The third-order valence-electron chi connectivity index (χ3n) is 2.95. The highest BCUT2D eigenvalue weighted by Gasteiger charge is 2.24. The van der Waals surface area contributed by atoms with Gasteiger partial charge in [-0.05, 0) is 30.7 Å². The monoisotopic (exact) mass is 297 g/mol. The Bertz CT molecular complexity index is 461. The maximum absolute atomic E-state index is 12.0. The van der Waals surface area contributed by atoms with E-state index in [1.54, 1.807) is 14.0 Å². The van der Waals surface area contributed by atoms with E-state index in [2.05, 4.69) is 0 Å². The van der Waals surface area contributed by atoms with E-state index >= 15 is 0 Å². The second-order valence-corrected chi connectivity index (χ2v) is 5.28. The van der Waals surface area contributed by atoms with Gasteiger partial charge in [0, 0.05) is 11.9 Å². The maximum Gasteiger partial charge on any atom is 0.326 e. The van der Waals surface area contributed by atoms with E-state index in [4.69, 9.17) is 9.84 Å². The molecule has 0 bridgehead atoms. The molecule has 1 aromatic carbocycles. The molecule has 0 heterocycles. The average Bonchev–Trinajstić information content (AvgIpc) is 2.45. The van der Waals surface area contributed by atoms with E-state index in [1.807, 2.05) is 24.3 Å². The molecule has 20 heavy (non-hydrogen) atoms. The number of carboxylic acid groups (broad SMARTS) is 1. The molecule has 0 aliphatic carbocycles. The molecular weight excluding hydrogens is 278 g/mol. The third kappa shape index (κ3) is 4.45. The number of carbonyl (C=O) groups is 2. The minimum atomic E-state index is -0.974. The van der Waals surface area contributed by atoms with E-state index in [0.29, 0.717) is 6.42 Å². The van der Waals surface area contributed by atoms with Gasteiger partial charge in [0.15, 0.2) is 0 Å². The van der Waals surface area contributed by atoms with Gasteiger partial charge in [0.05, 0.1) is 12.9 Å². The van der Waals surface area contributed by atoms with Crippen molar-refractivity contribution >= 4 is 23.6 Å². The summed E-state index contributed by atoms with van der Waals surface area (Å²) in [5.74, 6) is -0.195. The molecule has 0 saturated heterocycles. The number of likely N-dealkylation sites (N-methyl/N-ethyl adjacent to an activating group) is 1. The Balaban J connectivity index is 2.55. The number of carboxylic acids is 1. The first-order valence-corrected chi connectivity index (χ1v) is 7.23. The normalized spacial score (nSPS) is 11.8. The van der Waals surface area contributed by atoms with Gasteiger partial charge in [0.2, 0.25) is 5.91 Å². The molecule has 110 valence electrons. The average molecular weight is 297 g/mol. The largest absolute Gasteiger partial charge is 0.497 e. The predicted octanol–water partition coefficient (Wildman–Crippen LogP) is 2.11. The van der Waals surface area contributed by atoms with Crippen LogP contribution >= 0.6 is 11.8 Å². The van der Waals surface area contributed by atoms with Crippen molar-refractivity contribution in [2.75, 3.05) is 19.9 Å². The van der Waals surface area contributed by atoms with Gasteiger partial charge in [0.1, 0.15) is 11.8 Å². The highest BCUT2D eigenvalue weighted by atomic mass is 32.2. The second kappa shape index (κ2) is 7.79. The Hall–Kier alpha value is -1.69. The molecule has 0 radical (unpaired) electrons. The smallest absolute Gasteiger partial charge is 0.326 e. The van der Waals surface area contributed by atoms with Crippen LogP contribution in [0, 0.1) is 0 Å². The molecule has 0 fully saturated rings. The number of ether oxygens (including phenoxy) is 1. The fourth-order valence-corrected chi connectivity index (χ4v) is 2.53. The molecule has 6 heteroatoms. The lowest BCUT2D eigenvalue weighted by molar-refractivity contribution is -0.148. The van der Waals surface area contributed by atoms with Crippen LogP contribution in [0.5, 0.6) is 5.75 Å². The van der Waals surface area contributed by atoms with Gasteiger partial charge in [-0.25, -0.2) is 4.79 Å². The minimum absolute atomic E-state index is 0.194. The summed E-state index contributed by atoms with van der Waals surface area (Å²) < 4.78 is 5.06. The summed E-state index contributed by atoms with van der Waals surface area (Å²) in [5, 5.41) is 9.02. The fourth-order valence-electron chi connectivity index (χ4n) is 1.71. The Morgan fingerprint density at radius 2 is 1.95 bits per heavy atom. The molecule has 1 amide bonds. The van der Waals surface area contributed by atoms with Crippen molar-refractivity contribution in [2.45, 2.75) is 24.3 Å². The molecular formula is C14H19NO4S. The van der Waals surface area contributed by atoms with Crippen molar-refractivity contribution < 1.29 is 19.4 Å². The Labute approximate surface area is 122 Å². The zero-order chi connectivity index (χ0) is 15.1. The molecule has 1 atom stereocenters. The van der Waals surface area contributed by atoms with Gasteiger partial charge in [-0.1, -0.05) is 6.92 Å². The number of thioether (sulfide) groups is 1. The van der Waals surface area contributed by atoms with E-state index in [-0.39, 0.29) is 11.7 Å². The van der Waals surface area contributed by atoms with Gasteiger partial charge in [-0.2, -0.15) is 0 Å². The molecule has 1 unspecified atom stereocenters. The number of carbonyl (C=O) groups excluding carboxylic acids is 1. The van der Waals surface area contributed by atoms with Crippen molar-refractivity contribution in [1.29, 1.82) is 0 Å². The number of methoxy groups -OCH3 is 1. The van der Waals surface area contributed by atoms with Crippen LogP contribution in [0.25, 0.3) is 0 Å². The number of aliphatic carboxylic acids is 1. The van der Waals surface area contributed by atoms with Crippen molar-refractivity contribution in [3.05, 3.63) is 24.3 Å². The van der Waals surface area contributed by atoms with Crippen molar-refractivity contribution in [3.8, 4) is 5.75 Å². The fraction of sp³-hybridized carbons (Fsp3) is 0.429. The van der Waals surface area contributed by atoms with Crippen molar-refractivity contribution in [3.63, 3.8) is 0 Å². The Morgan fingerprint density at radius 3 is 2.40 bits per heavy atom. The first-order chi connectivity index (χ1) is 9.49. The van der Waals surface area contributed by atoms with Crippen LogP contribution in [0.2, 0.25) is 0 Å². The van der Waals surface area contributed by atoms with Gasteiger partial charge >= 0.3 is 5.97 Å². The Kier molecular flexibility index (Phi) is 6.38. The first-order valence-electron chi connectivity index (χ1n) is 6.24. The lowest BCUT2D eigenvalue weighted by Crippen LogP contribution is -2.42. The summed E-state index contributed by atoms with van der Waals surface area (Å²) in [5.41, 5.74) is 0. The molecule has 0 aromatic heterocycles. The third-order valence-corrected chi connectivity index (χ3v) is 3.95. The molecule has 0 aliphatic heterocycles. The molecule has 0 saturated carbocycles. The van der Waals surface area contributed by atoms with Crippen LogP contribution in [-0.4, -0.2) is 47.8 Å². The summed E-state index contributed by atoms with van der Waals surface area (Å²) in [6.45, 7) is 1.75. The zero-order valence-corrected chi connectivity index (χ0v) is 12.6. The zero-order valence-electron chi connectivity index (χ0n) is 11.8. The number of rotatable bonds is 7. The number of benzene rings is 1. The van der Waals surface area contributed by atoms with E-state index in [9.17, 15) is 9.59 Å². The Morgan fingerprint density at radius 1 is 1.35 bits per heavy atom. The van der Waals surface area contributed by atoms with Crippen molar-refractivity contribution in [2.24, 2.45) is 0 Å². The van der Waals surface area contributed by atoms with E-state index < -0.39 is 12.0 Å². The van der Waals surface area contributed by atoms with Crippen LogP contribution in [0.15, 0.2) is 29.2 Å². The van der Waals surface area contributed by atoms with Gasteiger partial charge in [-0.15, -0.1) is 11.8 Å².